The summed E-state index contributed by atoms with van der Waals surface area (Å²) in [5, 5.41) is 2.09. The molecule has 2 rings (SSSR count). The molecule has 0 amide bonds. The van der Waals surface area contributed by atoms with Crippen LogP contribution in [0.5, 0.6) is 5.88 Å². The van der Waals surface area contributed by atoms with E-state index in [0.29, 0.717) is 12.3 Å². The summed E-state index contributed by atoms with van der Waals surface area (Å²) in [4.78, 5) is 11.1. The fraction of sp³-hybridized carbons (Fsp3) is 0.400. The molecular formula is C15H13Cl2F5N4O. The van der Waals surface area contributed by atoms with Crippen LogP contribution in [0.15, 0.2) is 12.3 Å². The minimum absolute atomic E-state index is 0.0126. The average Bonchev–Trinajstić information content (AvgIpc) is 2.56. The van der Waals surface area contributed by atoms with Crippen molar-refractivity contribution in [2.45, 2.75) is 32.6 Å². The second kappa shape index (κ2) is 8.39. The average molecular weight is 431 g/mol. The van der Waals surface area contributed by atoms with Crippen LogP contribution in [-0.4, -0.2) is 27.6 Å². The molecule has 0 aliphatic heterocycles. The van der Waals surface area contributed by atoms with Crippen molar-refractivity contribution < 1.29 is 26.7 Å². The monoisotopic (exact) mass is 430 g/mol. The Kier molecular flexibility index (Phi) is 6.63. The summed E-state index contributed by atoms with van der Waals surface area (Å²) >= 11 is 11.6. The summed E-state index contributed by atoms with van der Waals surface area (Å²) in [5.41, 5.74) is -1.61. The molecule has 27 heavy (non-hydrogen) atoms. The van der Waals surface area contributed by atoms with E-state index in [1.807, 2.05) is 0 Å². The van der Waals surface area contributed by atoms with Crippen LogP contribution in [-0.2, 0) is 6.18 Å². The van der Waals surface area contributed by atoms with Crippen molar-refractivity contribution in [3.63, 3.8) is 0 Å². The SMILES string of the molecule is Cc1nc(NC[C@@H](C)Oc2ncc(C(F)(F)F)cc2Cl)c(Cl)c(C(F)F)n1. The van der Waals surface area contributed by atoms with Gasteiger partial charge in [-0.25, -0.2) is 23.7 Å². The number of alkyl halides is 5. The molecule has 148 valence electrons. The predicted molar refractivity (Wildman–Crippen MR) is 89.6 cm³/mol. The molecule has 0 radical (unpaired) electrons. The number of nitrogens with one attached hydrogen (secondary N) is 1. The number of ether oxygens (including phenoxy) is 1. The molecule has 5 nitrogen and oxygen atoms in total. The van der Waals surface area contributed by atoms with Crippen molar-refractivity contribution >= 4 is 29.0 Å². The Hall–Kier alpha value is -1.94. The van der Waals surface area contributed by atoms with Gasteiger partial charge in [0.2, 0.25) is 5.88 Å². The number of pyridine rings is 1. The van der Waals surface area contributed by atoms with Crippen LogP contribution in [0, 0.1) is 6.92 Å². The first kappa shape index (κ1) is 21.4. The zero-order valence-electron chi connectivity index (χ0n) is 13.9. The molecule has 0 spiro atoms. The summed E-state index contributed by atoms with van der Waals surface area (Å²) in [6, 6.07) is 0.698. The van der Waals surface area contributed by atoms with Crippen LogP contribution in [0.4, 0.5) is 27.8 Å². The van der Waals surface area contributed by atoms with Gasteiger partial charge in [0.05, 0.1) is 12.1 Å². The molecule has 1 atom stereocenters. The molecule has 0 saturated carbocycles. The van der Waals surface area contributed by atoms with Gasteiger partial charge in [-0.15, -0.1) is 0 Å². The molecule has 0 fully saturated rings. The van der Waals surface area contributed by atoms with Gasteiger partial charge >= 0.3 is 6.18 Å². The topological polar surface area (TPSA) is 59.9 Å². The highest BCUT2D eigenvalue weighted by molar-refractivity contribution is 6.33. The van der Waals surface area contributed by atoms with Crippen molar-refractivity contribution in [1.82, 2.24) is 15.0 Å². The fourth-order valence-electron chi connectivity index (χ4n) is 1.98. The lowest BCUT2D eigenvalue weighted by molar-refractivity contribution is -0.137. The number of aryl methyl sites for hydroxylation is 1. The Bertz CT molecular complexity index is 820. The zero-order chi connectivity index (χ0) is 20.4. The lowest BCUT2D eigenvalue weighted by Gasteiger charge is -2.17. The molecule has 1 N–H and O–H groups in total. The van der Waals surface area contributed by atoms with E-state index >= 15 is 0 Å². The maximum atomic E-state index is 12.9. The van der Waals surface area contributed by atoms with Crippen molar-refractivity contribution in [3.8, 4) is 5.88 Å². The van der Waals surface area contributed by atoms with Gasteiger partial charge in [-0.3, -0.25) is 0 Å². The Morgan fingerprint density at radius 2 is 1.89 bits per heavy atom. The summed E-state index contributed by atoms with van der Waals surface area (Å²) in [6.45, 7) is 3.04. The molecule has 2 aromatic rings. The van der Waals surface area contributed by atoms with Crippen LogP contribution in [0.1, 0.15) is 30.4 Å². The number of aromatic nitrogens is 3. The minimum atomic E-state index is -4.58. The van der Waals surface area contributed by atoms with Gasteiger partial charge in [0.15, 0.2) is 0 Å². The number of nitrogens with zero attached hydrogens (tertiary/aromatic N) is 3. The highest BCUT2D eigenvalue weighted by Crippen LogP contribution is 2.33. The van der Waals surface area contributed by atoms with E-state index in [1.54, 1.807) is 6.92 Å². The summed E-state index contributed by atoms with van der Waals surface area (Å²) < 4.78 is 69.0. The van der Waals surface area contributed by atoms with E-state index in [1.165, 1.54) is 6.92 Å². The third-order valence-electron chi connectivity index (χ3n) is 3.20. The Morgan fingerprint density at radius 1 is 1.22 bits per heavy atom. The molecule has 0 unspecified atom stereocenters. The fourth-order valence-corrected chi connectivity index (χ4v) is 2.43. The van der Waals surface area contributed by atoms with Gasteiger partial charge in [-0.05, 0) is 19.9 Å². The number of hydrogen-bond donors (Lipinski definition) is 1. The van der Waals surface area contributed by atoms with Crippen molar-refractivity contribution in [1.29, 1.82) is 0 Å². The van der Waals surface area contributed by atoms with E-state index < -0.39 is 30.0 Å². The van der Waals surface area contributed by atoms with E-state index in [2.05, 4.69) is 20.3 Å². The molecule has 12 heteroatoms. The first-order chi connectivity index (χ1) is 12.5. The van der Waals surface area contributed by atoms with Gasteiger partial charge in [-0.1, -0.05) is 23.2 Å². The highest BCUT2D eigenvalue weighted by atomic mass is 35.5. The van der Waals surface area contributed by atoms with E-state index in [-0.39, 0.29) is 34.1 Å². The maximum absolute atomic E-state index is 12.9. The molecule has 2 heterocycles. The largest absolute Gasteiger partial charge is 0.472 e. The maximum Gasteiger partial charge on any atom is 0.417 e. The van der Waals surface area contributed by atoms with Crippen LogP contribution in [0.3, 0.4) is 0 Å². The lowest BCUT2D eigenvalue weighted by atomic mass is 10.3. The van der Waals surface area contributed by atoms with Crippen LogP contribution < -0.4 is 10.1 Å². The van der Waals surface area contributed by atoms with E-state index in [4.69, 9.17) is 27.9 Å². The molecule has 0 aliphatic carbocycles. The molecule has 2 aromatic heterocycles. The first-order valence-electron chi connectivity index (χ1n) is 7.44. The Balaban J connectivity index is 2.06. The molecule has 0 bridgehead atoms. The molecule has 0 aliphatic rings. The lowest BCUT2D eigenvalue weighted by Crippen LogP contribution is -2.24. The third-order valence-corrected chi connectivity index (χ3v) is 3.84. The summed E-state index contributed by atoms with van der Waals surface area (Å²) in [5.74, 6) is -0.114. The van der Waals surface area contributed by atoms with Crippen molar-refractivity contribution in [3.05, 3.63) is 39.4 Å². The van der Waals surface area contributed by atoms with Crippen LogP contribution in [0.25, 0.3) is 0 Å². The third kappa shape index (κ3) is 5.52. The summed E-state index contributed by atoms with van der Waals surface area (Å²) in [6.07, 6.45) is -7.50. The quantitative estimate of drug-likeness (QED) is 0.628. The number of anilines is 1. The number of hydrogen-bond acceptors (Lipinski definition) is 5. The second-order valence-electron chi connectivity index (χ2n) is 5.44. The standard InChI is InChI=1S/C15H13Cl2F5N4O/c1-6(27-14-9(16)3-8(5-24-14)15(20,21)22)4-23-13-10(17)11(12(18)19)25-7(2)26-13/h3,5-6,12H,4H2,1-2H3,(H,23,25,26)/t6-/m1/s1. The highest BCUT2D eigenvalue weighted by Gasteiger charge is 2.32. The van der Waals surface area contributed by atoms with E-state index in [0.717, 1.165) is 0 Å². The van der Waals surface area contributed by atoms with Gasteiger partial charge in [0, 0.05) is 6.20 Å². The van der Waals surface area contributed by atoms with Crippen molar-refractivity contribution in [2.24, 2.45) is 0 Å². The number of halogens is 7. The smallest absolute Gasteiger partial charge is 0.417 e. The molecule has 0 saturated heterocycles. The first-order valence-corrected chi connectivity index (χ1v) is 8.20. The normalized spacial score (nSPS) is 13.0. The number of rotatable bonds is 6. The van der Waals surface area contributed by atoms with Gasteiger partial charge in [-0.2, -0.15) is 13.2 Å². The summed E-state index contributed by atoms with van der Waals surface area (Å²) in [7, 11) is 0. The zero-order valence-corrected chi connectivity index (χ0v) is 15.4. The minimum Gasteiger partial charge on any atom is -0.472 e. The molecular weight excluding hydrogens is 418 g/mol. The van der Waals surface area contributed by atoms with Crippen LogP contribution >= 0.6 is 23.2 Å². The van der Waals surface area contributed by atoms with Crippen LogP contribution in [0.2, 0.25) is 10.0 Å². The second-order valence-corrected chi connectivity index (χ2v) is 6.22. The van der Waals surface area contributed by atoms with E-state index in [9.17, 15) is 22.0 Å². The van der Waals surface area contributed by atoms with Crippen molar-refractivity contribution in [2.75, 3.05) is 11.9 Å². The Morgan fingerprint density at radius 3 is 2.44 bits per heavy atom. The predicted octanol–water partition coefficient (Wildman–Crippen LogP) is 5.32. The molecule has 0 aromatic carbocycles. The Labute approximate surface area is 160 Å². The van der Waals surface area contributed by atoms with Gasteiger partial charge in [0.25, 0.3) is 6.43 Å². The van der Waals surface area contributed by atoms with Gasteiger partial charge in [0.1, 0.15) is 33.5 Å². The van der Waals surface area contributed by atoms with Gasteiger partial charge < -0.3 is 10.1 Å².